The Labute approximate surface area is 166 Å². The van der Waals surface area contributed by atoms with Crippen molar-refractivity contribution in [2.75, 3.05) is 0 Å². The van der Waals surface area contributed by atoms with E-state index in [2.05, 4.69) is 57.9 Å². The number of oxazole rings is 1. The molecule has 1 heterocycles. The highest BCUT2D eigenvalue weighted by atomic mass is 16.4. The van der Waals surface area contributed by atoms with Gasteiger partial charge in [0.1, 0.15) is 11.6 Å². The molecular weight excluding hydrogens is 356 g/mol. The Morgan fingerprint density at radius 1 is 1.11 bits per heavy atom. The first-order chi connectivity index (χ1) is 12.7. The highest BCUT2D eigenvalue weighted by Crippen LogP contribution is 2.35. The van der Waals surface area contributed by atoms with Gasteiger partial charge in [-0.3, -0.25) is 4.79 Å². The Hall–Kier alpha value is -2.37. The fraction of sp³-hybridized carbons (Fsp3) is 0.591. The highest BCUT2D eigenvalue weighted by Gasteiger charge is 2.28. The van der Waals surface area contributed by atoms with E-state index in [-0.39, 0.29) is 22.6 Å². The zero-order chi connectivity index (χ0) is 21.4. The van der Waals surface area contributed by atoms with E-state index >= 15 is 0 Å². The monoisotopic (exact) mass is 388 g/mol. The molecule has 2 N–H and O–H groups in total. The second kappa shape index (κ2) is 7.57. The summed E-state index contributed by atoms with van der Waals surface area (Å²) in [6.07, 6.45) is 0.336. The molecule has 6 nitrogen and oxygen atoms in total. The number of nitrogens with zero attached hydrogens (tertiary/aromatic N) is 1. The van der Waals surface area contributed by atoms with E-state index in [1.54, 1.807) is 0 Å². The van der Waals surface area contributed by atoms with Gasteiger partial charge in [0.15, 0.2) is 5.58 Å². The number of carbonyl (C=O) groups excluding carboxylic acids is 1. The van der Waals surface area contributed by atoms with Gasteiger partial charge in [-0.25, -0.2) is 9.78 Å². The second-order valence-corrected chi connectivity index (χ2v) is 9.88. The zero-order valence-corrected chi connectivity index (χ0v) is 18.1. The number of nitrogens with one attached hydrogen (secondary N) is 1. The van der Waals surface area contributed by atoms with Crippen molar-refractivity contribution in [3.8, 4) is 0 Å². The number of hydrogen-bond acceptors (Lipinski definition) is 4. The summed E-state index contributed by atoms with van der Waals surface area (Å²) in [6.45, 7) is 16.4. The second-order valence-electron chi connectivity index (χ2n) is 9.88. The van der Waals surface area contributed by atoms with Crippen LogP contribution in [0.2, 0.25) is 0 Å². The number of hydrogen-bond donors (Lipinski definition) is 2. The SMILES string of the molecule is CC(C)CC(NC(=O)c1nc2c(C(C)(C)C)cc(C(C)(C)C)cc2o1)C(=O)O. The Kier molecular flexibility index (Phi) is 5.93. The number of carboxylic acids is 1. The van der Waals surface area contributed by atoms with Crippen molar-refractivity contribution < 1.29 is 19.1 Å². The van der Waals surface area contributed by atoms with Crippen molar-refractivity contribution in [3.05, 3.63) is 29.2 Å². The molecule has 0 aliphatic carbocycles. The van der Waals surface area contributed by atoms with Crippen LogP contribution in [-0.4, -0.2) is 28.0 Å². The average molecular weight is 389 g/mol. The molecule has 0 bridgehead atoms. The minimum absolute atomic E-state index is 0.0882. The lowest BCUT2D eigenvalue weighted by Gasteiger charge is -2.24. The molecule has 0 aliphatic heterocycles. The Bertz CT molecular complexity index is 882. The number of aromatic nitrogens is 1. The van der Waals surface area contributed by atoms with Crippen LogP contribution in [0.15, 0.2) is 16.5 Å². The summed E-state index contributed by atoms with van der Waals surface area (Å²) in [5.74, 6) is -1.65. The normalized spacial score (nSPS) is 13.8. The molecule has 154 valence electrons. The first-order valence-electron chi connectivity index (χ1n) is 9.69. The van der Waals surface area contributed by atoms with Gasteiger partial charge in [0.05, 0.1) is 0 Å². The van der Waals surface area contributed by atoms with Crippen LogP contribution in [-0.2, 0) is 15.6 Å². The van der Waals surface area contributed by atoms with Gasteiger partial charge in [-0.15, -0.1) is 0 Å². The largest absolute Gasteiger partial charge is 0.480 e. The molecule has 1 aromatic heterocycles. The maximum atomic E-state index is 12.6. The molecule has 1 amide bonds. The summed E-state index contributed by atoms with van der Waals surface area (Å²) < 4.78 is 5.77. The van der Waals surface area contributed by atoms with Crippen molar-refractivity contribution >= 4 is 23.0 Å². The third kappa shape index (κ3) is 4.91. The molecule has 0 fully saturated rings. The van der Waals surface area contributed by atoms with E-state index in [4.69, 9.17) is 4.42 Å². The predicted octanol–water partition coefficient (Wildman–Crippen LogP) is 4.65. The molecule has 2 aromatic rings. The number of aliphatic carboxylic acids is 1. The topological polar surface area (TPSA) is 92.4 Å². The molecule has 6 heteroatoms. The van der Waals surface area contributed by atoms with E-state index in [9.17, 15) is 14.7 Å². The zero-order valence-electron chi connectivity index (χ0n) is 18.1. The van der Waals surface area contributed by atoms with Gasteiger partial charge >= 0.3 is 11.9 Å². The van der Waals surface area contributed by atoms with Crippen LogP contribution in [0.5, 0.6) is 0 Å². The molecule has 28 heavy (non-hydrogen) atoms. The van der Waals surface area contributed by atoms with Crippen molar-refractivity contribution in [2.45, 2.75) is 78.7 Å². The standard InChI is InChI=1S/C22H32N2O4/c1-12(2)9-15(20(26)27)23-18(25)19-24-17-14(22(6,7)8)10-13(21(3,4)5)11-16(17)28-19/h10-12,15H,9H2,1-8H3,(H,23,25)(H,26,27). The van der Waals surface area contributed by atoms with Crippen LogP contribution in [0.3, 0.4) is 0 Å². The van der Waals surface area contributed by atoms with Gasteiger partial charge in [-0.2, -0.15) is 0 Å². The maximum Gasteiger partial charge on any atom is 0.326 e. The van der Waals surface area contributed by atoms with E-state index in [1.165, 1.54) is 0 Å². The van der Waals surface area contributed by atoms with Gasteiger partial charge in [-0.05, 0) is 40.4 Å². The lowest BCUT2D eigenvalue weighted by atomic mass is 9.80. The predicted molar refractivity (Wildman–Crippen MR) is 110 cm³/mol. The van der Waals surface area contributed by atoms with Crippen LogP contribution >= 0.6 is 0 Å². The smallest absolute Gasteiger partial charge is 0.326 e. The van der Waals surface area contributed by atoms with Crippen LogP contribution in [0.1, 0.15) is 83.6 Å². The first kappa shape index (κ1) is 21.9. The molecule has 0 saturated carbocycles. The molecule has 0 aliphatic rings. The number of rotatable bonds is 5. The fourth-order valence-electron chi connectivity index (χ4n) is 3.04. The maximum absolute atomic E-state index is 12.6. The van der Waals surface area contributed by atoms with Crippen molar-refractivity contribution in [2.24, 2.45) is 5.92 Å². The molecule has 1 unspecified atom stereocenters. The van der Waals surface area contributed by atoms with Crippen LogP contribution in [0.4, 0.5) is 0 Å². The van der Waals surface area contributed by atoms with E-state index < -0.39 is 17.9 Å². The minimum Gasteiger partial charge on any atom is -0.480 e. The molecule has 1 atom stereocenters. The third-order valence-corrected chi connectivity index (χ3v) is 4.67. The van der Waals surface area contributed by atoms with E-state index in [0.29, 0.717) is 17.5 Å². The summed E-state index contributed by atoms with van der Waals surface area (Å²) in [5.41, 5.74) is 2.99. The fourth-order valence-corrected chi connectivity index (χ4v) is 3.04. The van der Waals surface area contributed by atoms with Crippen LogP contribution in [0.25, 0.3) is 11.1 Å². The lowest BCUT2D eigenvalue weighted by molar-refractivity contribution is -0.139. The lowest BCUT2D eigenvalue weighted by Crippen LogP contribution is -2.41. The van der Waals surface area contributed by atoms with E-state index in [1.807, 2.05) is 19.9 Å². The Balaban J connectivity index is 2.50. The Morgan fingerprint density at radius 2 is 1.71 bits per heavy atom. The van der Waals surface area contributed by atoms with Gasteiger partial charge < -0.3 is 14.8 Å². The molecular formula is C22H32N2O4. The number of carbonyl (C=O) groups is 2. The number of carboxylic acid groups (broad SMARTS) is 1. The summed E-state index contributed by atoms with van der Waals surface area (Å²) >= 11 is 0. The summed E-state index contributed by atoms with van der Waals surface area (Å²) in [6, 6.07) is 3.05. The molecule has 0 saturated heterocycles. The minimum atomic E-state index is -1.07. The molecule has 0 radical (unpaired) electrons. The van der Waals surface area contributed by atoms with E-state index in [0.717, 1.165) is 11.1 Å². The van der Waals surface area contributed by atoms with Gasteiger partial charge in [0, 0.05) is 0 Å². The van der Waals surface area contributed by atoms with Crippen LogP contribution < -0.4 is 5.32 Å². The summed E-state index contributed by atoms with van der Waals surface area (Å²) in [7, 11) is 0. The number of amides is 1. The van der Waals surface area contributed by atoms with Crippen molar-refractivity contribution in [1.82, 2.24) is 10.3 Å². The van der Waals surface area contributed by atoms with Gasteiger partial charge in [-0.1, -0.05) is 61.5 Å². The quantitative estimate of drug-likeness (QED) is 0.778. The van der Waals surface area contributed by atoms with Gasteiger partial charge in [0.25, 0.3) is 5.89 Å². The summed E-state index contributed by atoms with van der Waals surface area (Å²) in [5, 5.41) is 11.9. The average Bonchev–Trinajstić information content (AvgIpc) is 2.94. The number of benzene rings is 1. The summed E-state index contributed by atoms with van der Waals surface area (Å²) in [4.78, 5) is 28.5. The highest BCUT2D eigenvalue weighted by molar-refractivity contribution is 5.95. The van der Waals surface area contributed by atoms with Crippen molar-refractivity contribution in [3.63, 3.8) is 0 Å². The van der Waals surface area contributed by atoms with Gasteiger partial charge in [0.2, 0.25) is 0 Å². The third-order valence-electron chi connectivity index (χ3n) is 4.67. The molecule has 1 aromatic carbocycles. The van der Waals surface area contributed by atoms with Crippen molar-refractivity contribution in [1.29, 1.82) is 0 Å². The number of fused-ring (bicyclic) bond motifs is 1. The van der Waals surface area contributed by atoms with Crippen LogP contribution in [0, 0.1) is 5.92 Å². The first-order valence-corrected chi connectivity index (χ1v) is 9.69. The Morgan fingerprint density at radius 3 is 2.18 bits per heavy atom. The molecule has 2 rings (SSSR count). The molecule has 0 spiro atoms.